The molecule has 0 aliphatic carbocycles. The van der Waals surface area contributed by atoms with Crippen LogP contribution in [0.15, 0.2) is 18.2 Å². The lowest BCUT2D eigenvalue weighted by atomic mass is 10.0. The predicted molar refractivity (Wildman–Crippen MR) is 117 cm³/mol. The Hall–Kier alpha value is -1.75. The number of hydrogen-bond donors (Lipinski definition) is 1. The van der Waals surface area contributed by atoms with Gasteiger partial charge in [0.2, 0.25) is 5.91 Å². The molecule has 1 amide bonds. The third-order valence-corrected chi connectivity index (χ3v) is 6.11. The molecular weight excluding hydrogens is 364 g/mol. The minimum absolute atomic E-state index is 0.126. The Morgan fingerprint density at radius 2 is 1.97 bits per heavy atom. The highest BCUT2D eigenvalue weighted by molar-refractivity contribution is 5.76. The summed E-state index contributed by atoms with van der Waals surface area (Å²) in [5.41, 5.74) is 1.19. The molecule has 0 spiro atoms. The Labute approximate surface area is 176 Å². The van der Waals surface area contributed by atoms with Crippen molar-refractivity contribution in [2.75, 3.05) is 26.3 Å². The molecule has 0 saturated carbocycles. The number of benzene rings is 1. The van der Waals surface area contributed by atoms with Crippen molar-refractivity contribution in [3.8, 4) is 11.5 Å². The first-order chi connectivity index (χ1) is 14.2. The summed E-state index contributed by atoms with van der Waals surface area (Å²) in [5.74, 6) is 1.83. The number of nitrogens with zero attached hydrogens (tertiary/aromatic N) is 1. The topological polar surface area (TPSA) is 50.8 Å². The molecule has 1 unspecified atom stereocenters. The van der Waals surface area contributed by atoms with Crippen LogP contribution >= 0.6 is 0 Å². The Kier molecular flexibility index (Phi) is 8.66. The van der Waals surface area contributed by atoms with Gasteiger partial charge in [0.25, 0.3) is 0 Å². The maximum atomic E-state index is 12.6. The molecule has 0 bridgehead atoms. The van der Waals surface area contributed by atoms with Crippen molar-refractivity contribution < 1.29 is 14.3 Å². The average Bonchev–Trinajstić information content (AvgIpc) is 3.12. The van der Waals surface area contributed by atoms with Crippen LogP contribution in [-0.4, -0.2) is 49.2 Å². The molecule has 1 saturated heterocycles. The van der Waals surface area contributed by atoms with Crippen molar-refractivity contribution in [1.29, 1.82) is 0 Å². The van der Waals surface area contributed by atoms with E-state index in [1.165, 1.54) is 37.7 Å². The molecule has 1 aromatic rings. The summed E-state index contributed by atoms with van der Waals surface area (Å²) in [6.07, 6.45) is 9.83. The van der Waals surface area contributed by atoms with Crippen LogP contribution in [0.2, 0.25) is 0 Å². The zero-order chi connectivity index (χ0) is 20.5. The van der Waals surface area contributed by atoms with E-state index in [0.717, 1.165) is 43.9 Å². The lowest BCUT2D eigenvalue weighted by Crippen LogP contribution is -2.46. The standard InChI is InChI=1S/C24H38N2O3/c1-3-4-5-6-7-10-24(27)25-21(18-26-13-8-9-19(26)2)16-20-11-12-22-23(17-20)29-15-14-28-22/h11-12,17,19,21H,3-10,13-16,18H2,1-2H3,(H,25,27)/t19?,21-/m0/s1. The molecular formula is C24H38N2O3. The second-order valence-corrected chi connectivity index (χ2v) is 8.60. The van der Waals surface area contributed by atoms with Gasteiger partial charge in [-0.05, 0) is 56.8 Å². The van der Waals surface area contributed by atoms with Crippen LogP contribution in [0.4, 0.5) is 0 Å². The molecule has 2 heterocycles. The van der Waals surface area contributed by atoms with E-state index in [1.807, 2.05) is 6.07 Å². The monoisotopic (exact) mass is 402 g/mol. The molecule has 2 aliphatic heterocycles. The van der Waals surface area contributed by atoms with Gasteiger partial charge < -0.3 is 14.8 Å². The number of carbonyl (C=O) groups is 1. The van der Waals surface area contributed by atoms with Crippen molar-refractivity contribution in [2.45, 2.75) is 83.7 Å². The number of amides is 1. The summed E-state index contributed by atoms with van der Waals surface area (Å²) in [5, 5.41) is 3.33. The number of rotatable bonds is 11. The zero-order valence-electron chi connectivity index (χ0n) is 18.3. The van der Waals surface area contributed by atoms with Crippen LogP contribution < -0.4 is 14.8 Å². The van der Waals surface area contributed by atoms with Gasteiger partial charge in [-0.2, -0.15) is 0 Å². The first-order valence-electron chi connectivity index (χ1n) is 11.6. The van der Waals surface area contributed by atoms with Crippen LogP contribution in [0.1, 0.15) is 70.8 Å². The molecule has 5 nitrogen and oxygen atoms in total. The van der Waals surface area contributed by atoms with E-state index in [9.17, 15) is 4.79 Å². The number of likely N-dealkylation sites (tertiary alicyclic amines) is 1. The van der Waals surface area contributed by atoms with E-state index in [0.29, 0.717) is 25.7 Å². The summed E-state index contributed by atoms with van der Waals surface area (Å²) in [7, 11) is 0. The summed E-state index contributed by atoms with van der Waals surface area (Å²) in [6, 6.07) is 6.90. The fourth-order valence-corrected chi connectivity index (χ4v) is 4.40. The largest absolute Gasteiger partial charge is 0.486 e. The van der Waals surface area contributed by atoms with Gasteiger partial charge in [0.05, 0.1) is 0 Å². The van der Waals surface area contributed by atoms with Crippen molar-refractivity contribution in [3.05, 3.63) is 23.8 Å². The third kappa shape index (κ3) is 6.91. The molecule has 29 heavy (non-hydrogen) atoms. The van der Waals surface area contributed by atoms with Gasteiger partial charge in [-0.15, -0.1) is 0 Å². The number of unbranched alkanes of at least 4 members (excludes halogenated alkanes) is 4. The first kappa shape index (κ1) is 21.9. The summed E-state index contributed by atoms with van der Waals surface area (Å²) < 4.78 is 11.4. The molecule has 1 N–H and O–H groups in total. The summed E-state index contributed by atoms with van der Waals surface area (Å²) in [4.78, 5) is 15.1. The van der Waals surface area contributed by atoms with E-state index >= 15 is 0 Å². The third-order valence-electron chi connectivity index (χ3n) is 6.11. The Balaban J connectivity index is 1.57. The maximum absolute atomic E-state index is 12.6. The summed E-state index contributed by atoms with van der Waals surface area (Å²) in [6.45, 7) is 7.76. The van der Waals surface area contributed by atoms with Crippen LogP contribution in [-0.2, 0) is 11.2 Å². The van der Waals surface area contributed by atoms with Gasteiger partial charge in [-0.25, -0.2) is 0 Å². The highest BCUT2D eigenvalue weighted by Gasteiger charge is 2.25. The normalized spacial score (nSPS) is 19.9. The minimum atomic E-state index is 0.126. The van der Waals surface area contributed by atoms with E-state index in [2.05, 4.69) is 36.2 Å². The van der Waals surface area contributed by atoms with Crippen molar-refractivity contribution in [3.63, 3.8) is 0 Å². The fourth-order valence-electron chi connectivity index (χ4n) is 4.40. The van der Waals surface area contributed by atoms with E-state index in [-0.39, 0.29) is 11.9 Å². The van der Waals surface area contributed by atoms with Crippen LogP contribution in [0, 0.1) is 0 Å². The van der Waals surface area contributed by atoms with E-state index < -0.39 is 0 Å². The Morgan fingerprint density at radius 1 is 1.17 bits per heavy atom. The first-order valence-corrected chi connectivity index (χ1v) is 11.6. The maximum Gasteiger partial charge on any atom is 0.220 e. The molecule has 2 atom stereocenters. The number of ether oxygens (including phenoxy) is 2. The highest BCUT2D eigenvalue weighted by atomic mass is 16.6. The number of carbonyl (C=O) groups excluding carboxylic acids is 1. The molecule has 0 radical (unpaired) electrons. The van der Waals surface area contributed by atoms with Crippen LogP contribution in [0.5, 0.6) is 11.5 Å². The average molecular weight is 403 g/mol. The van der Waals surface area contributed by atoms with E-state index in [1.54, 1.807) is 0 Å². The molecule has 1 aromatic carbocycles. The Morgan fingerprint density at radius 3 is 2.72 bits per heavy atom. The molecule has 0 aromatic heterocycles. The van der Waals surface area contributed by atoms with Gasteiger partial charge in [-0.3, -0.25) is 9.69 Å². The molecule has 1 fully saturated rings. The molecule has 3 rings (SSSR count). The summed E-state index contributed by atoms with van der Waals surface area (Å²) >= 11 is 0. The van der Waals surface area contributed by atoms with Crippen molar-refractivity contribution >= 4 is 5.91 Å². The number of fused-ring (bicyclic) bond motifs is 1. The van der Waals surface area contributed by atoms with Gasteiger partial charge in [-0.1, -0.05) is 38.7 Å². The lowest BCUT2D eigenvalue weighted by molar-refractivity contribution is -0.122. The van der Waals surface area contributed by atoms with Gasteiger partial charge >= 0.3 is 0 Å². The highest BCUT2D eigenvalue weighted by Crippen LogP contribution is 2.31. The molecule has 2 aliphatic rings. The van der Waals surface area contributed by atoms with Gasteiger partial charge in [0.15, 0.2) is 11.5 Å². The number of nitrogens with one attached hydrogen (secondary N) is 1. The quantitative estimate of drug-likeness (QED) is 0.560. The second-order valence-electron chi connectivity index (χ2n) is 8.60. The van der Waals surface area contributed by atoms with Gasteiger partial charge in [0.1, 0.15) is 13.2 Å². The zero-order valence-corrected chi connectivity index (χ0v) is 18.3. The fraction of sp³-hybridized carbons (Fsp3) is 0.708. The van der Waals surface area contributed by atoms with Crippen molar-refractivity contribution in [2.24, 2.45) is 0 Å². The molecule has 5 heteroatoms. The van der Waals surface area contributed by atoms with Crippen LogP contribution in [0.25, 0.3) is 0 Å². The molecule has 162 valence electrons. The van der Waals surface area contributed by atoms with Gasteiger partial charge in [0, 0.05) is 25.0 Å². The lowest BCUT2D eigenvalue weighted by Gasteiger charge is -2.28. The SMILES string of the molecule is CCCCCCCC(=O)N[C@@H](Cc1ccc2c(c1)OCCO2)CN1CCCC1C. The Bertz CT molecular complexity index is 649. The second kappa shape index (κ2) is 11.4. The number of hydrogen-bond acceptors (Lipinski definition) is 4. The van der Waals surface area contributed by atoms with E-state index in [4.69, 9.17) is 9.47 Å². The predicted octanol–water partition coefficient (Wildman–Crippen LogP) is 4.33. The minimum Gasteiger partial charge on any atom is -0.486 e. The smallest absolute Gasteiger partial charge is 0.220 e. The van der Waals surface area contributed by atoms with Crippen LogP contribution in [0.3, 0.4) is 0 Å². The van der Waals surface area contributed by atoms with Crippen molar-refractivity contribution in [1.82, 2.24) is 10.2 Å².